The molecule has 0 saturated carbocycles. The van der Waals surface area contributed by atoms with Crippen LogP contribution in [0.15, 0.2) is 66.1 Å². The number of fused-ring (bicyclic) bond motifs is 1. The van der Waals surface area contributed by atoms with Crippen molar-refractivity contribution in [3.63, 3.8) is 0 Å². The summed E-state index contributed by atoms with van der Waals surface area (Å²) >= 11 is 0. The van der Waals surface area contributed by atoms with Gasteiger partial charge in [0.05, 0.1) is 6.54 Å². The van der Waals surface area contributed by atoms with Gasteiger partial charge in [-0.25, -0.2) is 19.3 Å². The molecule has 2 saturated heterocycles. The molecule has 0 bridgehead atoms. The number of likely N-dealkylation sites (tertiary alicyclic amines) is 1. The number of anilines is 3. The largest absolute Gasteiger partial charge is 0.492 e. The van der Waals surface area contributed by atoms with Crippen LogP contribution < -0.4 is 25.8 Å². The van der Waals surface area contributed by atoms with Crippen LogP contribution in [0.25, 0.3) is 16.9 Å². The Bertz CT molecular complexity index is 1520. The van der Waals surface area contributed by atoms with Gasteiger partial charge in [-0.1, -0.05) is 12.1 Å². The second-order valence-corrected chi connectivity index (χ2v) is 10.1. The molecule has 0 aliphatic carbocycles. The van der Waals surface area contributed by atoms with Crippen LogP contribution in [0.5, 0.6) is 5.75 Å². The fraction of sp³-hybridized carbons (Fsp3) is 0.379. The number of piperazine rings is 1. The quantitative estimate of drug-likeness (QED) is 0.293. The summed E-state index contributed by atoms with van der Waals surface area (Å²) in [6.07, 6.45) is 5.82. The van der Waals surface area contributed by atoms with Gasteiger partial charge in [0.1, 0.15) is 23.6 Å². The minimum absolute atomic E-state index is 0.189. The third-order valence-corrected chi connectivity index (χ3v) is 7.34. The molecule has 0 spiro atoms. The standard InChI is InChI=1S/C29H35N9O2/c1-2-14-37-28(39)24-21-31-29(32-22-8-10-23(11-9-22)40-20-19-35-15-3-4-16-35)34-27(24)38(37)26-7-5-6-25(33-26)36-17-12-30-13-18-36/h2,5-11,21,30H,1,3-4,12-20H2,(H,31,32,34). The highest BCUT2D eigenvalue weighted by Gasteiger charge is 2.19. The molecular weight excluding hydrogens is 506 g/mol. The molecule has 3 aromatic heterocycles. The number of allylic oxidation sites excluding steroid dienone is 1. The lowest BCUT2D eigenvalue weighted by Gasteiger charge is -2.28. The molecule has 208 valence electrons. The van der Waals surface area contributed by atoms with Crippen LogP contribution in [0, 0.1) is 0 Å². The molecule has 2 aliphatic rings. The van der Waals surface area contributed by atoms with E-state index in [0.29, 0.717) is 36.0 Å². The summed E-state index contributed by atoms with van der Waals surface area (Å²) in [4.78, 5) is 32.1. The van der Waals surface area contributed by atoms with E-state index in [-0.39, 0.29) is 5.56 Å². The van der Waals surface area contributed by atoms with Gasteiger partial charge in [0.25, 0.3) is 5.56 Å². The monoisotopic (exact) mass is 541 g/mol. The molecular formula is C29H35N9O2. The van der Waals surface area contributed by atoms with Gasteiger partial charge in [-0.2, -0.15) is 4.98 Å². The molecule has 0 amide bonds. The summed E-state index contributed by atoms with van der Waals surface area (Å²) in [5, 5.41) is 7.05. The van der Waals surface area contributed by atoms with E-state index in [0.717, 1.165) is 50.0 Å². The van der Waals surface area contributed by atoms with Gasteiger partial charge in [-0.3, -0.25) is 9.69 Å². The Morgan fingerprint density at radius 1 is 1.00 bits per heavy atom. The molecule has 2 fully saturated rings. The van der Waals surface area contributed by atoms with Crippen molar-refractivity contribution in [1.29, 1.82) is 0 Å². The highest BCUT2D eigenvalue weighted by molar-refractivity contribution is 5.77. The Morgan fingerprint density at radius 2 is 1.77 bits per heavy atom. The van der Waals surface area contributed by atoms with Crippen molar-refractivity contribution < 1.29 is 4.74 Å². The maximum Gasteiger partial charge on any atom is 0.278 e. The first-order valence-electron chi connectivity index (χ1n) is 13.9. The van der Waals surface area contributed by atoms with Crippen molar-refractivity contribution in [2.45, 2.75) is 19.4 Å². The van der Waals surface area contributed by atoms with Gasteiger partial charge in [0, 0.05) is 44.6 Å². The van der Waals surface area contributed by atoms with Crippen molar-refractivity contribution in [2.75, 3.05) is 62.6 Å². The van der Waals surface area contributed by atoms with Crippen molar-refractivity contribution in [3.8, 4) is 11.6 Å². The summed E-state index contributed by atoms with van der Waals surface area (Å²) in [7, 11) is 0. The first-order valence-corrected chi connectivity index (χ1v) is 13.9. The first-order chi connectivity index (χ1) is 19.7. The molecule has 0 unspecified atom stereocenters. The van der Waals surface area contributed by atoms with Gasteiger partial charge in [-0.05, 0) is 62.3 Å². The molecule has 6 rings (SSSR count). The number of nitrogens with one attached hydrogen (secondary N) is 2. The average Bonchev–Trinajstić information content (AvgIpc) is 3.61. The summed E-state index contributed by atoms with van der Waals surface area (Å²) in [5.74, 6) is 2.70. The van der Waals surface area contributed by atoms with Crippen molar-refractivity contribution in [2.24, 2.45) is 0 Å². The highest BCUT2D eigenvalue weighted by atomic mass is 16.5. The van der Waals surface area contributed by atoms with E-state index in [2.05, 4.69) is 32.0 Å². The molecule has 0 atom stereocenters. The van der Waals surface area contributed by atoms with E-state index in [1.54, 1.807) is 21.6 Å². The van der Waals surface area contributed by atoms with Gasteiger partial charge >= 0.3 is 0 Å². The molecule has 40 heavy (non-hydrogen) atoms. The van der Waals surface area contributed by atoms with E-state index in [9.17, 15) is 4.79 Å². The van der Waals surface area contributed by atoms with Crippen LogP contribution in [-0.4, -0.2) is 81.6 Å². The van der Waals surface area contributed by atoms with Gasteiger partial charge < -0.3 is 20.3 Å². The zero-order valence-electron chi connectivity index (χ0n) is 22.6. The third kappa shape index (κ3) is 5.56. The number of ether oxygens (including phenoxy) is 1. The summed E-state index contributed by atoms with van der Waals surface area (Å²) < 4.78 is 9.28. The number of rotatable bonds is 10. The van der Waals surface area contributed by atoms with Gasteiger partial charge in [0.15, 0.2) is 11.5 Å². The molecule has 2 N–H and O–H groups in total. The van der Waals surface area contributed by atoms with E-state index in [1.165, 1.54) is 25.9 Å². The van der Waals surface area contributed by atoms with E-state index < -0.39 is 0 Å². The second-order valence-electron chi connectivity index (χ2n) is 10.1. The number of hydrogen-bond acceptors (Lipinski definition) is 9. The molecule has 11 nitrogen and oxygen atoms in total. The number of aromatic nitrogens is 5. The summed E-state index contributed by atoms with van der Waals surface area (Å²) in [5.41, 5.74) is 1.12. The van der Waals surface area contributed by atoms with E-state index >= 15 is 0 Å². The number of pyridine rings is 1. The Balaban J connectivity index is 1.25. The lowest BCUT2D eigenvalue weighted by Crippen LogP contribution is -2.44. The normalized spacial score (nSPS) is 15.9. The number of benzene rings is 1. The Labute approximate surface area is 233 Å². The zero-order valence-corrected chi connectivity index (χ0v) is 22.6. The highest BCUT2D eigenvalue weighted by Crippen LogP contribution is 2.22. The lowest BCUT2D eigenvalue weighted by molar-refractivity contribution is 0.238. The van der Waals surface area contributed by atoms with Crippen LogP contribution in [0.2, 0.25) is 0 Å². The minimum atomic E-state index is -0.189. The van der Waals surface area contributed by atoms with Crippen molar-refractivity contribution >= 4 is 28.5 Å². The molecule has 0 radical (unpaired) electrons. The maximum absolute atomic E-state index is 13.3. The molecule has 5 heterocycles. The van der Waals surface area contributed by atoms with Gasteiger partial charge in [0.2, 0.25) is 5.95 Å². The molecule has 11 heteroatoms. The van der Waals surface area contributed by atoms with Crippen LogP contribution in [0.3, 0.4) is 0 Å². The Morgan fingerprint density at radius 3 is 2.55 bits per heavy atom. The van der Waals surface area contributed by atoms with Crippen molar-refractivity contribution in [1.82, 2.24) is 34.5 Å². The van der Waals surface area contributed by atoms with Crippen LogP contribution in [0.4, 0.5) is 17.5 Å². The first kappa shape index (κ1) is 26.0. The fourth-order valence-electron chi connectivity index (χ4n) is 5.27. The van der Waals surface area contributed by atoms with Gasteiger partial charge in [-0.15, -0.1) is 6.58 Å². The zero-order chi connectivity index (χ0) is 27.3. The maximum atomic E-state index is 13.3. The van der Waals surface area contributed by atoms with Crippen LogP contribution in [-0.2, 0) is 6.54 Å². The second kappa shape index (κ2) is 11.9. The Hall–Kier alpha value is -4.22. The van der Waals surface area contributed by atoms with Crippen molar-refractivity contribution in [3.05, 3.63) is 71.7 Å². The lowest BCUT2D eigenvalue weighted by atomic mass is 10.3. The average molecular weight is 542 g/mol. The number of hydrogen-bond donors (Lipinski definition) is 2. The molecule has 2 aliphatic heterocycles. The SMILES string of the molecule is C=CCn1c(=O)c2cnc(Nc3ccc(OCCN4CCCC4)cc3)nc2n1-c1cccc(N2CCNCC2)n1. The molecule has 1 aromatic carbocycles. The third-order valence-electron chi connectivity index (χ3n) is 7.34. The predicted molar refractivity (Wildman–Crippen MR) is 157 cm³/mol. The topological polar surface area (TPSA) is 105 Å². The Kier molecular flexibility index (Phi) is 7.73. The predicted octanol–water partition coefficient (Wildman–Crippen LogP) is 2.79. The molecule has 4 aromatic rings. The smallest absolute Gasteiger partial charge is 0.278 e. The minimum Gasteiger partial charge on any atom is -0.492 e. The van der Waals surface area contributed by atoms with E-state index in [1.807, 2.05) is 42.5 Å². The summed E-state index contributed by atoms with van der Waals surface area (Å²) in [6, 6.07) is 13.6. The summed E-state index contributed by atoms with van der Waals surface area (Å²) in [6.45, 7) is 11.7. The fourth-order valence-corrected chi connectivity index (χ4v) is 5.27. The number of nitrogens with zero attached hydrogens (tertiary/aromatic N) is 7. The van der Waals surface area contributed by atoms with E-state index in [4.69, 9.17) is 14.7 Å². The van der Waals surface area contributed by atoms with Crippen LogP contribution >= 0.6 is 0 Å². The van der Waals surface area contributed by atoms with Crippen LogP contribution in [0.1, 0.15) is 12.8 Å².